The Balaban J connectivity index is 3.38. The zero-order valence-corrected chi connectivity index (χ0v) is 6.46. The molecule has 0 aliphatic carbocycles. The summed E-state index contributed by atoms with van der Waals surface area (Å²) >= 11 is 0. The molecule has 1 unspecified atom stereocenters. The van der Waals surface area contributed by atoms with Crippen molar-refractivity contribution in [3.8, 4) is 0 Å². The second kappa shape index (κ2) is 4.57. The van der Waals surface area contributed by atoms with Crippen LogP contribution in [0.25, 0.3) is 0 Å². The van der Waals surface area contributed by atoms with E-state index in [2.05, 4.69) is 0 Å². The van der Waals surface area contributed by atoms with Gasteiger partial charge in [-0.05, 0) is 19.3 Å². The number of hydrogen-bond acceptors (Lipinski definition) is 1. The van der Waals surface area contributed by atoms with E-state index in [1.54, 1.807) is 0 Å². The van der Waals surface area contributed by atoms with E-state index in [1.807, 2.05) is 32.9 Å². The van der Waals surface area contributed by atoms with Gasteiger partial charge in [-0.1, -0.05) is 26.0 Å². The first kappa shape index (κ1) is 8.70. The Morgan fingerprint density at radius 2 is 2.00 bits per heavy atom. The first-order chi connectivity index (χ1) is 4.18. The monoisotopic (exact) mass is 128 g/mol. The van der Waals surface area contributed by atoms with Gasteiger partial charge in [-0.25, -0.2) is 0 Å². The number of allylic oxidation sites excluding steroid dienone is 1. The third kappa shape index (κ3) is 4.22. The van der Waals surface area contributed by atoms with Crippen LogP contribution in [0.3, 0.4) is 0 Å². The lowest BCUT2D eigenvalue weighted by Crippen LogP contribution is -2.12. The highest BCUT2D eigenvalue weighted by molar-refractivity contribution is 4.80. The van der Waals surface area contributed by atoms with Crippen LogP contribution in [0.5, 0.6) is 0 Å². The van der Waals surface area contributed by atoms with Gasteiger partial charge in [0, 0.05) is 0 Å². The van der Waals surface area contributed by atoms with Crippen LogP contribution in [-0.2, 0) is 0 Å². The summed E-state index contributed by atoms with van der Waals surface area (Å²) in [7, 11) is 0. The molecule has 0 aromatic carbocycles. The molecule has 0 spiro atoms. The minimum atomic E-state index is -0.166. The Morgan fingerprint density at radius 1 is 1.44 bits per heavy atom. The molecule has 1 nitrogen and oxygen atoms in total. The topological polar surface area (TPSA) is 20.2 Å². The average Bonchev–Trinajstić information content (AvgIpc) is 1.82. The van der Waals surface area contributed by atoms with E-state index in [4.69, 9.17) is 0 Å². The van der Waals surface area contributed by atoms with Gasteiger partial charge in [0.1, 0.15) is 0 Å². The highest BCUT2D eigenvalue weighted by Crippen LogP contribution is 2.05. The second-order valence-electron chi connectivity index (χ2n) is 2.62. The van der Waals surface area contributed by atoms with Gasteiger partial charge in [0.2, 0.25) is 0 Å². The van der Waals surface area contributed by atoms with E-state index in [0.717, 1.165) is 6.42 Å². The molecule has 0 saturated carbocycles. The van der Waals surface area contributed by atoms with Crippen molar-refractivity contribution < 1.29 is 5.11 Å². The lowest BCUT2D eigenvalue weighted by Gasteiger charge is -2.10. The van der Waals surface area contributed by atoms with Crippen LogP contribution in [-0.4, -0.2) is 11.2 Å². The van der Waals surface area contributed by atoms with Crippen LogP contribution < -0.4 is 0 Å². The molecule has 0 amide bonds. The van der Waals surface area contributed by atoms with Crippen molar-refractivity contribution in [3.05, 3.63) is 12.2 Å². The molecule has 1 atom stereocenters. The van der Waals surface area contributed by atoms with Crippen molar-refractivity contribution in [1.29, 1.82) is 0 Å². The Morgan fingerprint density at radius 3 is 2.33 bits per heavy atom. The van der Waals surface area contributed by atoms with Crippen LogP contribution >= 0.6 is 0 Å². The van der Waals surface area contributed by atoms with Gasteiger partial charge in [0.05, 0.1) is 6.10 Å². The van der Waals surface area contributed by atoms with Crippen molar-refractivity contribution >= 4 is 0 Å². The number of aliphatic hydroxyl groups excluding tert-OH is 1. The smallest absolute Gasteiger partial charge is 0.0597 e. The maximum atomic E-state index is 9.21. The summed E-state index contributed by atoms with van der Waals surface area (Å²) in [5.74, 6) is 0.376. The van der Waals surface area contributed by atoms with E-state index < -0.39 is 0 Å². The Kier molecular flexibility index (Phi) is 4.41. The maximum Gasteiger partial charge on any atom is 0.0597 e. The fraction of sp³-hybridized carbons (Fsp3) is 0.750. The van der Waals surface area contributed by atoms with Gasteiger partial charge in [0.15, 0.2) is 0 Å². The molecule has 9 heavy (non-hydrogen) atoms. The van der Waals surface area contributed by atoms with Crippen LogP contribution in [0.15, 0.2) is 12.2 Å². The van der Waals surface area contributed by atoms with Crippen molar-refractivity contribution in [3.63, 3.8) is 0 Å². The summed E-state index contributed by atoms with van der Waals surface area (Å²) in [4.78, 5) is 0. The molecule has 0 radical (unpaired) electrons. The Labute approximate surface area is 57.4 Å². The van der Waals surface area contributed by atoms with Crippen LogP contribution in [0.2, 0.25) is 0 Å². The lowest BCUT2D eigenvalue weighted by molar-refractivity contribution is 0.128. The van der Waals surface area contributed by atoms with Gasteiger partial charge in [0.25, 0.3) is 0 Å². The molecule has 1 heteroatoms. The number of hydrogen-bond donors (Lipinski definition) is 1. The molecule has 0 saturated heterocycles. The molecule has 0 aliphatic heterocycles. The van der Waals surface area contributed by atoms with Gasteiger partial charge in [-0.2, -0.15) is 0 Å². The summed E-state index contributed by atoms with van der Waals surface area (Å²) in [6.45, 7) is 6.01. The quantitative estimate of drug-likeness (QED) is 0.576. The molecule has 0 bridgehead atoms. The van der Waals surface area contributed by atoms with Crippen LogP contribution in [0, 0.1) is 5.92 Å². The van der Waals surface area contributed by atoms with Crippen molar-refractivity contribution in [1.82, 2.24) is 0 Å². The molecular formula is C8H16O. The largest absolute Gasteiger partial charge is 0.393 e. The van der Waals surface area contributed by atoms with E-state index in [0.29, 0.717) is 5.92 Å². The standard InChI is InChI=1S/C8H16O/c1-4-5-6-8(9)7(2)3/h4-5,7-9H,6H2,1-3H3/b5-4-. The highest BCUT2D eigenvalue weighted by atomic mass is 16.3. The third-order valence-corrected chi connectivity index (χ3v) is 1.38. The summed E-state index contributed by atoms with van der Waals surface area (Å²) in [5, 5.41) is 9.21. The molecule has 0 rings (SSSR count). The minimum absolute atomic E-state index is 0.166. The molecule has 0 aromatic heterocycles. The van der Waals surface area contributed by atoms with Crippen molar-refractivity contribution in [2.45, 2.75) is 33.3 Å². The fourth-order valence-corrected chi connectivity index (χ4v) is 0.548. The van der Waals surface area contributed by atoms with Crippen LogP contribution in [0.4, 0.5) is 0 Å². The van der Waals surface area contributed by atoms with Gasteiger partial charge < -0.3 is 5.11 Å². The predicted octanol–water partition coefficient (Wildman–Crippen LogP) is 1.97. The molecule has 1 N–H and O–H groups in total. The minimum Gasteiger partial charge on any atom is -0.393 e. The molecular weight excluding hydrogens is 112 g/mol. The van der Waals surface area contributed by atoms with Crippen LogP contribution in [0.1, 0.15) is 27.2 Å². The number of rotatable bonds is 3. The Hall–Kier alpha value is -0.300. The molecule has 0 heterocycles. The molecule has 0 aromatic rings. The van der Waals surface area contributed by atoms with Gasteiger partial charge in [-0.3, -0.25) is 0 Å². The lowest BCUT2D eigenvalue weighted by atomic mass is 10.0. The van der Waals surface area contributed by atoms with E-state index in [1.165, 1.54) is 0 Å². The van der Waals surface area contributed by atoms with Crippen molar-refractivity contribution in [2.75, 3.05) is 0 Å². The average molecular weight is 128 g/mol. The highest BCUT2D eigenvalue weighted by Gasteiger charge is 2.04. The SMILES string of the molecule is C/C=C\CC(O)C(C)C. The first-order valence-corrected chi connectivity index (χ1v) is 3.47. The summed E-state index contributed by atoms with van der Waals surface area (Å²) in [6.07, 6.45) is 4.57. The fourth-order valence-electron chi connectivity index (χ4n) is 0.548. The summed E-state index contributed by atoms with van der Waals surface area (Å²) in [5.41, 5.74) is 0. The van der Waals surface area contributed by atoms with E-state index in [9.17, 15) is 5.11 Å². The summed E-state index contributed by atoms with van der Waals surface area (Å²) in [6, 6.07) is 0. The van der Waals surface area contributed by atoms with E-state index >= 15 is 0 Å². The molecule has 0 fully saturated rings. The zero-order valence-electron chi connectivity index (χ0n) is 6.46. The summed E-state index contributed by atoms with van der Waals surface area (Å²) < 4.78 is 0. The van der Waals surface area contributed by atoms with Gasteiger partial charge in [-0.15, -0.1) is 0 Å². The maximum absolute atomic E-state index is 9.21. The third-order valence-electron chi connectivity index (χ3n) is 1.38. The first-order valence-electron chi connectivity index (χ1n) is 3.47. The Bertz CT molecular complexity index is 84.6. The predicted molar refractivity (Wildman–Crippen MR) is 40.3 cm³/mol. The molecule has 54 valence electrons. The molecule has 0 aliphatic rings. The van der Waals surface area contributed by atoms with E-state index in [-0.39, 0.29) is 6.10 Å². The zero-order chi connectivity index (χ0) is 7.28. The normalized spacial score (nSPS) is 15.2. The number of aliphatic hydroxyl groups is 1. The van der Waals surface area contributed by atoms with Gasteiger partial charge >= 0.3 is 0 Å². The second-order valence-corrected chi connectivity index (χ2v) is 2.62. The van der Waals surface area contributed by atoms with Crippen molar-refractivity contribution in [2.24, 2.45) is 5.92 Å².